The molecule has 0 aliphatic carbocycles. The van der Waals surface area contributed by atoms with Crippen molar-refractivity contribution < 1.29 is 14.3 Å². The molecule has 3 N–H and O–H groups in total. The van der Waals surface area contributed by atoms with Crippen molar-refractivity contribution in [1.29, 1.82) is 0 Å². The summed E-state index contributed by atoms with van der Waals surface area (Å²) in [6.07, 6.45) is 3.71. The van der Waals surface area contributed by atoms with Crippen molar-refractivity contribution in [3.8, 4) is 5.75 Å². The summed E-state index contributed by atoms with van der Waals surface area (Å²) in [7, 11) is 1.46. The molecule has 9 heteroatoms. The van der Waals surface area contributed by atoms with E-state index in [1.165, 1.54) is 11.6 Å². The number of nitrogens with zero attached hydrogens (tertiary/aromatic N) is 2. The maximum Gasteiger partial charge on any atom is 0.330 e. The van der Waals surface area contributed by atoms with Crippen molar-refractivity contribution in [3.05, 3.63) is 50.7 Å². The molecule has 1 aliphatic rings. The highest BCUT2D eigenvalue weighted by Crippen LogP contribution is 2.20. The number of aromatic nitrogens is 2. The number of hydrogen-bond acceptors (Lipinski definition) is 6. The first-order valence-electron chi connectivity index (χ1n) is 10.2. The average Bonchev–Trinajstić information content (AvgIpc) is 3.25. The highest BCUT2D eigenvalue weighted by Gasteiger charge is 2.22. The van der Waals surface area contributed by atoms with Crippen LogP contribution in [0.4, 0.5) is 11.5 Å². The quantitative estimate of drug-likeness (QED) is 0.677. The van der Waals surface area contributed by atoms with Crippen LogP contribution < -0.4 is 26.6 Å². The molecule has 0 radical (unpaired) electrons. The van der Waals surface area contributed by atoms with Crippen LogP contribution in [0.5, 0.6) is 5.75 Å². The van der Waals surface area contributed by atoms with Gasteiger partial charge >= 0.3 is 5.69 Å². The zero-order valence-electron chi connectivity index (χ0n) is 17.3. The van der Waals surface area contributed by atoms with Crippen molar-refractivity contribution in [3.63, 3.8) is 0 Å². The minimum atomic E-state index is -0.697. The molecule has 1 fully saturated rings. The summed E-state index contributed by atoms with van der Waals surface area (Å²) in [5.41, 5.74) is 5.13. The molecule has 3 rings (SSSR count). The molecule has 1 aromatic carbocycles. The standard InChI is InChI=1S/C21H28N4O5/c1-3-4-11-25-18(22)17(19(26)23-21(25)28)24(2)20(27)14-7-9-15(10-8-14)30-13-16-6-5-12-29-16/h7-10,16H,3-6,11-13,22H2,1-2H3,(H,23,26,28). The third-order valence-corrected chi connectivity index (χ3v) is 5.15. The van der Waals surface area contributed by atoms with E-state index < -0.39 is 17.2 Å². The summed E-state index contributed by atoms with van der Waals surface area (Å²) < 4.78 is 12.5. The number of nitrogen functional groups attached to an aromatic ring is 1. The number of unbranched alkanes of at least 4 members (excludes halogenated alkanes) is 1. The Labute approximate surface area is 174 Å². The second-order valence-electron chi connectivity index (χ2n) is 7.33. The van der Waals surface area contributed by atoms with E-state index >= 15 is 0 Å². The fourth-order valence-electron chi connectivity index (χ4n) is 3.39. The largest absolute Gasteiger partial charge is 0.491 e. The number of nitrogens with one attached hydrogen (secondary N) is 1. The lowest BCUT2D eigenvalue weighted by molar-refractivity contribution is 0.0679. The van der Waals surface area contributed by atoms with Gasteiger partial charge in [-0.05, 0) is 43.5 Å². The molecule has 0 spiro atoms. The second kappa shape index (κ2) is 9.62. The van der Waals surface area contributed by atoms with Crippen LogP contribution in [0.1, 0.15) is 43.0 Å². The van der Waals surface area contributed by atoms with Gasteiger partial charge in [-0.2, -0.15) is 0 Å². The van der Waals surface area contributed by atoms with Crippen LogP contribution in [-0.2, 0) is 11.3 Å². The number of nitrogens with two attached hydrogens (primary N) is 1. The minimum absolute atomic E-state index is 0.0235. The summed E-state index contributed by atoms with van der Waals surface area (Å²) in [5.74, 6) is 0.193. The van der Waals surface area contributed by atoms with Crippen molar-refractivity contribution in [2.75, 3.05) is 30.9 Å². The number of carbonyl (C=O) groups excluding carboxylic acids is 1. The van der Waals surface area contributed by atoms with Gasteiger partial charge in [0.05, 0.1) is 6.10 Å². The van der Waals surface area contributed by atoms with Crippen LogP contribution in [0.3, 0.4) is 0 Å². The lowest BCUT2D eigenvalue weighted by atomic mass is 10.2. The number of hydrogen-bond donors (Lipinski definition) is 2. The first-order chi connectivity index (χ1) is 14.4. The Morgan fingerprint density at radius 3 is 2.70 bits per heavy atom. The monoisotopic (exact) mass is 416 g/mol. The van der Waals surface area contributed by atoms with Crippen molar-refractivity contribution in [2.45, 2.75) is 45.3 Å². The molecule has 30 heavy (non-hydrogen) atoms. The van der Waals surface area contributed by atoms with E-state index in [-0.39, 0.29) is 17.6 Å². The Bertz CT molecular complexity index is 990. The predicted octanol–water partition coefficient (Wildman–Crippen LogP) is 1.75. The number of carbonyl (C=O) groups is 1. The van der Waals surface area contributed by atoms with Crippen molar-refractivity contribution >= 4 is 17.4 Å². The van der Waals surface area contributed by atoms with E-state index in [2.05, 4.69) is 4.98 Å². The van der Waals surface area contributed by atoms with Crippen LogP contribution in [-0.4, -0.2) is 41.8 Å². The Morgan fingerprint density at radius 1 is 1.33 bits per heavy atom. The molecule has 0 bridgehead atoms. The minimum Gasteiger partial charge on any atom is -0.491 e. The van der Waals surface area contributed by atoms with Gasteiger partial charge in [0.25, 0.3) is 11.5 Å². The van der Waals surface area contributed by atoms with Gasteiger partial charge in [0, 0.05) is 25.8 Å². The Hall–Kier alpha value is -3.07. The smallest absolute Gasteiger partial charge is 0.330 e. The van der Waals surface area contributed by atoms with Gasteiger partial charge in [-0.1, -0.05) is 13.3 Å². The van der Waals surface area contributed by atoms with E-state index in [9.17, 15) is 14.4 Å². The molecule has 2 aromatic rings. The number of amides is 1. The number of H-pyrrole nitrogens is 1. The van der Waals surface area contributed by atoms with Crippen molar-refractivity contribution in [2.24, 2.45) is 0 Å². The average molecular weight is 416 g/mol. The number of benzene rings is 1. The fraction of sp³-hybridized carbons (Fsp3) is 0.476. The summed E-state index contributed by atoms with van der Waals surface area (Å²) in [5, 5.41) is 0. The van der Waals surface area contributed by atoms with Crippen LogP contribution in [0, 0.1) is 0 Å². The van der Waals surface area contributed by atoms with Crippen LogP contribution in [0.25, 0.3) is 0 Å². The van der Waals surface area contributed by atoms with E-state index in [1.54, 1.807) is 24.3 Å². The maximum absolute atomic E-state index is 12.9. The zero-order chi connectivity index (χ0) is 21.7. The molecular weight excluding hydrogens is 388 g/mol. The summed E-state index contributed by atoms with van der Waals surface area (Å²) in [4.78, 5) is 40.7. The van der Waals surface area contributed by atoms with Crippen LogP contribution in [0.2, 0.25) is 0 Å². The Balaban J connectivity index is 1.76. The number of ether oxygens (including phenoxy) is 2. The third kappa shape index (κ3) is 4.73. The van der Waals surface area contributed by atoms with E-state index in [0.29, 0.717) is 24.5 Å². The topological polar surface area (TPSA) is 120 Å². The molecule has 1 unspecified atom stereocenters. The maximum atomic E-state index is 12.9. The molecule has 1 amide bonds. The van der Waals surface area contributed by atoms with Gasteiger partial charge in [0.15, 0.2) is 5.69 Å². The van der Waals surface area contributed by atoms with Gasteiger partial charge in [-0.3, -0.25) is 19.1 Å². The fourth-order valence-corrected chi connectivity index (χ4v) is 3.39. The van der Waals surface area contributed by atoms with E-state index in [0.717, 1.165) is 37.2 Å². The lowest BCUT2D eigenvalue weighted by Crippen LogP contribution is -2.39. The van der Waals surface area contributed by atoms with E-state index in [1.807, 2.05) is 6.92 Å². The van der Waals surface area contributed by atoms with Gasteiger partial charge in [-0.15, -0.1) is 0 Å². The van der Waals surface area contributed by atoms with E-state index in [4.69, 9.17) is 15.2 Å². The number of rotatable bonds is 8. The number of anilines is 2. The zero-order valence-corrected chi connectivity index (χ0v) is 17.3. The lowest BCUT2D eigenvalue weighted by Gasteiger charge is -2.20. The van der Waals surface area contributed by atoms with Gasteiger partial charge in [0.2, 0.25) is 0 Å². The molecule has 1 saturated heterocycles. The molecular formula is C21H28N4O5. The van der Waals surface area contributed by atoms with Crippen LogP contribution in [0.15, 0.2) is 33.9 Å². The SMILES string of the molecule is CCCCn1c(N)c(N(C)C(=O)c2ccc(OCC3CCCO3)cc2)c(=O)[nH]c1=O. The van der Waals surface area contributed by atoms with Crippen LogP contribution >= 0.6 is 0 Å². The number of aromatic amines is 1. The highest BCUT2D eigenvalue weighted by molar-refractivity contribution is 6.06. The highest BCUT2D eigenvalue weighted by atomic mass is 16.5. The molecule has 162 valence electrons. The van der Waals surface area contributed by atoms with Gasteiger partial charge < -0.3 is 20.1 Å². The third-order valence-electron chi connectivity index (χ3n) is 5.15. The van der Waals surface area contributed by atoms with Crippen molar-refractivity contribution in [1.82, 2.24) is 9.55 Å². The van der Waals surface area contributed by atoms with Gasteiger partial charge in [-0.25, -0.2) is 4.79 Å². The summed E-state index contributed by atoms with van der Waals surface area (Å²) in [6.45, 7) is 3.58. The summed E-state index contributed by atoms with van der Waals surface area (Å²) in [6, 6.07) is 6.65. The normalized spacial score (nSPS) is 15.9. The molecule has 1 aromatic heterocycles. The first kappa shape index (κ1) is 21.6. The Morgan fingerprint density at radius 2 is 2.07 bits per heavy atom. The first-order valence-corrected chi connectivity index (χ1v) is 10.2. The Kier molecular flexibility index (Phi) is 6.94. The molecule has 0 saturated carbocycles. The summed E-state index contributed by atoms with van der Waals surface area (Å²) >= 11 is 0. The molecule has 1 atom stereocenters. The van der Waals surface area contributed by atoms with Gasteiger partial charge in [0.1, 0.15) is 18.2 Å². The molecule has 9 nitrogen and oxygen atoms in total. The molecule has 1 aliphatic heterocycles. The second-order valence-corrected chi connectivity index (χ2v) is 7.33. The molecule has 2 heterocycles. The predicted molar refractivity (Wildman–Crippen MR) is 114 cm³/mol.